The number of nitrogens with two attached hydrogens (primary N) is 1. The van der Waals surface area contributed by atoms with Crippen molar-refractivity contribution in [2.24, 2.45) is 11.7 Å². The molecule has 0 radical (unpaired) electrons. The van der Waals surface area contributed by atoms with E-state index < -0.39 is 41.9 Å². The summed E-state index contributed by atoms with van der Waals surface area (Å²) >= 11 is 0. The number of fused-ring (bicyclic) bond motifs is 3. The number of hydrogen-bond acceptors (Lipinski definition) is 9. The van der Waals surface area contributed by atoms with E-state index in [2.05, 4.69) is 10.3 Å². The number of carbonyl (C=O) groups excluding carboxylic acids is 2. The summed E-state index contributed by atoms with van der Waals surface area (Å²) < 4.78 is 59.1. The van der Waals surface area contributed by atoms with Gasteiger partial charge >= 0.3 is 0 Å². The first-order valence-electron chi connectivity index (χ1n) is 16.1. The van der Waals surface area contributed by atoms with Crippen molar-refractivity contribution >= 4 is 28.4 Å². The average molecular weight is 663 g/mol. The van der Waals surface area contributed by atoms with E-state index in [1.54, 1.807) is 31.3 Å². The summed E-state index contributed by atoms with van der Waals surface area (Å²) in [5.74, 6) is -1.17. The van der Waals surface area contributed by atoms with Crippen LogP contribution in [-0.4, -0.2) is 67.1 Å². The van der Waals surface area contributed by atoms with E-state index in [0.29, 0.717) is 65.1 Å². The molecule has 0 saturated heterocycles. The highest BCUT2D eigenvalue weighted by Crippen LogP contribution is 2.49. The Kier molecular flexibility index (Phi) is 8.65. The van der Waals surface area contributed by atoms with Crippen LogP contribution in [0.15, 0.2) is 66.6 Å². The van der Waals surface area contributed by atoms with Gasteiger partial charge in [0.2, 0.25) is 17.6 Å². The zero-order valence-electron chi connectivity index (χ0n) is 26.3. The van der Waals surface area contributed by atoms with Crippen molar-refractivity contribution in [1.29, 1.82) is 0 Å². The summed E-state index contributed by atoms with van der Waals surface area (Å²) in [6, 6.07) is 8.75. The van der Waals surface area contributed by atoms with E-state index in [1.807, 2.05) is 0 Å². The van der Waals surface area contributed by atoms with E-state index >= 15 is 4.39 Å². The number of anilines is 1. The Hall–Kier alpha value is -4.75. The van der Waals surface area contributed by atoms with Crippen molar-refractivity contribution in [3.05, 3.63) is 72.5 Å². The third kappa shape index (κ3) is 6.39. The van der Waals surface area contributed by atoms with Crippen molar-refractivity contribution in [3.63, 3.8) is 0 Å². The van der Waals surface area contributed by atoms with E-state index in [0.717, 1.165) is 12.8 Å². The molecule has 1 saturated carbocycles. The van der Waals surface area contributed by atoms with Crippen LogP contribution >= 0.6 is 0 Å². The zero-order chi connectivity index (χ0) is 33.4. The minimum Gasteiger partial charge on any atom is -0.488 e. The summed E-state index contributed by atoms with van der Waals surface area (Å²) in [6.45, 7) is 3.02. The van der Waals surface area contributed by atoms with E-state index in [9.17, 15) is 14.0 Å². The summed E-state index contributed by atoms with van der Waals surface area (Å²) in [6.07, 6.45) is 5.02. The van der Waals surface area contributed by atoms with Crippen LogP contribution in [0.3, 0.4) is 0 Å². The fraction of sp³-hybridized carbons (Fsp3) is 0.400. The lowest BCUT2D eigenvalue weighted by Crippen LogP contribution is -2.50. The molecule has 2 aliphatic carbocycles. The Bertz CT molecular complexity index is 1780. The summed E-state index contributed by atoms with van der Waals surface area (Å²) in [7, 11) is 0. The molecule has 48 heavy (non-hydrogen) atoms. The van der Waals surface area contributed by atoms with E-state index in [4.69, 9.17) is 29.4 Å². The Balaban J connectivity index is 1.07. The number of allylic oxidation sites excluding steroid dienone is 1. The molecule has 2 aromatic carbocycles. The first kappa shape index (κ1) is 31.8. The molecule has 11 nitrogen and oxygen atoms in total. The molecule has 1 aromatic heterocycles. The number of carbonyl (C=O) groups is 2. The predicted octanol–water partition coefficient (Wildman–Crippen LogP) is 4.48. The van der Waals surface area contributed by atoms with Crippen LogP contribution in [0.25, 0.3) is 10.9 Å². The largest absolute Gasteiger partial charge is 0.488 e. The van der Waals surface area contributed by atoms with Crippen molar-refractivity contribution in [3.8, 4) is 23.0 Å². The molecule has 7 rings (SSSR count). The third-order valence-corrected chi connectivity index (χ3v) is 8.83. The highest BCUT2D eigenvalue weighted by atomic mass is 19.1. The second-order valence-corrected chi connectivity index (χ2v) is 12.3. The number of nitrogens with one attached hydrogen (secondary N) is 1. The van der Waals surface area contributed by atoms with Gasteiger partial charge in [0, 0.05) is 36.5 Å². The molecule has 4 atom stereocenters. The van der Waals surface area contributed by atoms with Gasteiger partial charge in [-0.25, -0.2) is 8.78 Å². The third-order valence-electron chi connectivity index (χ3n) is 8.83. The Morgan fingerprint density at radius 1 is 1.15 bits per heavy atom. The zero-order valence-corrected chi connectivity index (χ0v) is 26.3. The summed E-state index contributed by atoms with van der Waals surface area (Å²) in [4.78, 5) is 32.8. The lowest BCUT2D eigenvalue weighted by Gasteiger charge is -2.33. The molecule has 0 spiro atoms. The number of halogens is 2. The second kappa shape index (κ2) is 13.0. The topological polar surface area (TPSA) is 134 Å². The normalized spacial score (nSPS) is 24.2. The van der Waals surface area contributed by atoms with E-state index in [-0.39, 0.29) is 25.0 Å². The second-order valence-electron chi connectivity index (χ2n) is 12.3. The molecule has 4 unspecified atom stereocenters. The van der Waals surface area contributed by atoms with Crippen LogP contribution in [0.5, 0.6) is 23.0 Å². The molecule has 1 fully saturated rings. The highest BCUT2D eigenvalue weighted by Gasteiger charge is 2.42. The number of benzene rings is 2. The number of nitrogens with zero attached hydrogens (tertiary/aromatic N) is 2. The summed E-state index contributed by atoms with van der Waals surface area (Å²) in [5, 5.41) is 3.28. The van der Waals surface area contributed by atoms with Gasteiger partial charge in [-0.3, -0.25) is 19.5 Å². The standard InChI is InChI=1S/C35H36F2N4O7/c1-2-44-26-10-14-41(22-6-3-20(36)4-7-22)34(43)30(26)33(42)40-21-5-8-25(23(37)17-21)48-27-9-13-39-24-18-28(47-19-35(38)11-12-35)31-32(29(24)27)46-16-15-45-31/h3-4,6-7,9-10,13-14,17-18,23,25-26,30H,2,5,8,11-12,15-16,19,38H2,1H3,(H,40,42). The van der Waals surface area contributed by atoms with Crippen molar-refractivity contribution in [1.82, 2.24) is 10.3 Å². The monoisotopic (exact) mass is 662 g/mol. The molecule has 2 amide bonds. The van der Waals surface area contributed by atoms with Gasteiger partial charge in [-0.2, -0.15) is 0 Å². The average Bonchev–Trinajstić information content (AvgIpc) is 3.82. The number of pyridine rings is 1. The number of ether oxygens (including phenoxy) is 5. The first-order chi connectivity index (χ1) is 23.2. The minimum absolute atomic E-state index is 0.242. The van der Waals surface area contributed by atoms with Crippen LogP contribution in [0, 0.1) is 11.7 Å². The van der Waals surface area contributed by atoms with Crippen molar-refractivity contribution in [2.75, 3.05) is 31.3 Å². The SMILES string of the molecule is CCOC1C=CN(c2ccc(F)cc2)C(=O)C1C(=O)NC1=CC(F)C(Oc2ccnc3cc(OCC4(N)CC4)c4c(c23)OCCO4)CC1. The van der Waals surface area contributed by atoms with Crippen LogP contribution < -0.4 is 34.9 Å². The number of rotatable bonds is 10. The fourth-order valence-corrected chi connectivity index (χ4v) is 6.04. The molecule has 0 bridgehead atoms. The highest BCUT2D eigenvalue weighted by molar-refractivity contribution is 6.10. The number of alkyl halides is 1. The van der Waals surface area contributed by atoms with Crippen molar-refractivity contribution < 1.29 is 42.1 Å². The van der Waals surface area contributed by atoms with Crippen LogP contribution in [-0.2, 0) is 14.3 Å². The van der Waals surface area contributed by atoms with Crippen LogP contribution in [0.2, 0.25) is 0 Å². The number of amides is 2. The van der Waals surface area contributed by atoms with Gasteiger partial charge in [0.25, 0.3) is 0 Å². The first-order valence-corrected chi connectivity index (χ1v) is 16.1. The van der Waals surface area contributed by atoms with Gasteiger partial charge in [-0.05, 0) is 75.1 Å². The van der Waals surface area contributed by atoms with Gasteiger partial charge < -0.3 is 34.7 Å². The maximum absolute atomic E-state index is 15.7. The molecule has 3 heterocycles. The predicted molar refractivity (Wildman–Crippen MR) is 171 cm³/mol. The quantitative estimate of drug-likeness (QED) is 0.302. The molecule has 3 N–H and O–H groups in total. The molecule has 4 aliphatic rings. The maximum atomic E-state index is 15.7. The molecule has 2 aliphatic heterocycles. The molecular formula is C35H36F2N4O7. The van der Waals surface area contributed by atoms with Gasteiger partial charge in [-0.15, -0.1) is 0 Å². The lowest BCUT2D eigenvalue weighted by molar-refractivity contribution is -0.138. The lowest BCUT2D eigenvalue weighted by atomic mass is 9.94. The minimum atomic E-state index is -1.58. The van der Waals surface area contributed by atoms with Gasteiger partial charge in [0.1, 0.15) is 43.4 Å². The maximum Gasteiger partial charge on any atom is 0.246 e. The van der Waals surface area contributed by atoms with Crippen LogP contribution in [0.4, 0.5) is 14.5 Å². The Labute approximate surface area is 275 Å². The fourth-order valence-electron chi connectivity index (χ4n) is 6.04. The van der Waals surface area contributed by atoms with Gasteiger partial charge in [0.05, 0.1) is 22.5 Å². The van der Waals surface area contributed by atoms with Gasteiger partial charge in [-0.1, -0.05) is 0 Å². The number of hydrogen-bond donors (Lipinski definition) is 2. The van der Waals surface area contributed by atoms with Crippen molar-refractivity contribution in [2.45, 2.75) is 56.5 Å². The Morgan fingerprint density at radius 3 is 2.65 bits per heavy atom. The Morgan fingerprint density at radius 2 is 1.92 bits per heavy atom. The van der Waals surface area contributed by atoms with E-state index in [1.165, 1.54) is 41.4 Å². The van der Waals surface area contributed by atoms with Crippen LogP contribution in [0.1, 0.15) is 32.6 Å². The number of aromatic nitrogens is 1. The molecule has 252 valence electrons. The molecule has 3 aromatic rings. The smallest absolute Gasteiger partial charge is 0.246 e. The summed E-state index contributed by atoms with van der Waals surface area (Å²) in [5.41, 5.74) is 7.16. The van der Waals surface area contributed by atoms with Gasteiger partial charge in [0.15, 0.2) is 17.7 Å². The molecular weight excluding hydrogens is 626 g/mol. The molecule has 13 heteroatoms.